The molecule has 0 radical (unpaired) electrons. The van der Waals surface area contributed by atoms with Gasteiger partial charge in [0, 0.05) is 19.2 Å². The van der Waals surface area contributed by atoms with Gasteiger partial charge in [0.15, 0.2) is 0 Å². The maximum Gasteiger partial charge on any atom is 0.268 e. The van der Waals surface area contributed by atoms with Crippen molar-refractivity contribution in [3.05, 3.63) is 22.6 Å². The number of anilines is 1. The van der Waals surface area contributed by atoms with Gasteiger partial charge in [-0.3, -0.25) is 4.79 Å². The van der Waals surface area contributed by atoms with Crippen molar-refractivity contribution < 1.29 is 5.11 Å². The third-order valence-electron chi connectivity index (χ3n) is 3.67. The van der Waals surface area contributed by atoms with Gasteiger partial charge in [0.1, 0.15) is 0 Å². The largest absolute Gasteiger partial charge is 0.391 e. The average Bonchev–Trinajstić information content (AvgIpc) is 2.84. The van der Waals surface area contributed by atoms with Crippen molar-refractivity contribution in [2.75, 3.05) is 18.0 Å². The zero-order valence-electron chi connectivity index (χ0n) is 12.0. The van der Waals surface area contributed by atoms with Crippen LogP contribution in [0.2, 0.25) is 0 Å². The Morgan fingerprint density at radius 3 is 2.53 bits per heavy atom. The molecule has 5 heteroatoms. The molecule has 1 saturated heterocycles. The Morgan fingerprint density at radius 1 is 1.37 bits per heavy atom. The molecule has 0 amide bonds. The monoisotopic (exact) mass is 265 g/mol. The highest BCUT2D eigenvalue weighted by Crippen LogP contribution is 2.20. The van der Waals surface area contributed by atoms with E-state index in [4.69, 9.17) is 0 Å². The van der Waals surface area contributed by atoms with E-state index in [0.29, 0.717) is 0 Å². The van der Waals surface area contributed by atoms with Crippen LogP contribution < -0.4 is 10.5 Å². The molecule has 2 rings (SSSR count). The lowest BCUT2D eigenvalue weighted by molar-refractivity contribution is 0.0438. The van der Waals surface area contributed by atoms with E-state index in [1.54, 1.807) is 12.3 Å². The number of aliphatic hydroxyl groups excluding tert-OH is 1. The molecular weight excluding hydrogens is 242 g/mol. The highest BCUT2D eigenvalue weighted by atomic mass is 16.3. The molecule has 0 aromatic carbocycles. The Hall–Kier alpha value is -1.36. The maximum atomic E-state index is 12.0. The number of hydrogen-bond donors (Lipinski definition) is 1. The van der Waals surface area contributed by atoms with E-state index in [1.807, 2.05) is 20.8 Å². The number of rotatable bonds is 3. The lowest BCUT2D eigenvalue weighted by Crippen LogP contribution is -2.36. The third kappa shape index (κ3) is 3.35. The number of aliphatic hydroxyl groups is 1. The first-order valence-corrected chi connectivity index (χ1v) is 6.88. The Balaban J connectivity index is 2.13. The van der Waals surface area contributed by atoms with Gasteiger partial charge < -0.3 is 10.0 Å². The van der Waals surface area contributed by atoms with Crippen molar-refractivity contribution >= 4 is 5.69 Å². The molecule has 1 aliphatic heterocycles. The van der Waals surface area contributed by atoms with E-state index in [0.717, 1.165) is 18.8 Å². The van der Waals surface area contributed by atoms with Gasteiger partial charge >= 0.3 is 0 Å². The first-order valence-electron chi connectivity index (χ1n) is 6.88. The minimum Gasteiger partial charge on any atom is -0.391 e. The summed E-state index contributed by atoms with van der Waals surface area (Å²) in [5.41, 5.74) is 0.492. The van der Waals surface area contributed by atoms with E-state index in [9.17, 15) is 9.90 Å². The van der Waals surface area contributed by atoms with Crippen molar-refractivity contribution in [1.29, 1.82) is 0 Å². The molecule has 106 valence electrons. The lowest BCUT2D eigenvalue weighted by Gasteiger charge is -2.26. The van der Waals surface area contributed by atoms with E-state index in [1.165, 1.54) is 17.5 Å². The molecular formula is C14H23N3O2. The van der Waals surface area contributed by atoms with Gasteiger partial charge in [-0.2, -0.15) is 5.10 Å². The second-order valence-electron chi connectivity index (χ2n) is 6.31. The number of nitrogens with zero attached hydrogens (tertiary/aromatic N) is 3. The van der Waals surface area contributed by atoms with Crippen LogP contribution in [-0.2, 0) is 6.54 Å². The van der Waals surface area contributed by atoms with Crippen LogP contribution in [0.25, 0.3) is 0 Å². The average molecular weight is 265 g/mol. The van der Waals surface area contributed by atoms with Crippen molar-refractivity contribution in [3.63, 3.8) is 0 Å². The van der Waals surface area contributed by atoms with E-state index < -0.39 is 6.10 Å². The topological polar surface area (TPSA) is 58.4 Å². The molecule has 1 N–H and O–H groups in total. The Morgan fingerprint density at radius 2 is 2.00 bits per heavy atom. The molecule has 0 saturated carbocycles. The highest BCUT2D eigenvalue weighted by molar-refractivity contribution is 5.43. The first-order chi connectivity index (χ1) is 8.88. The van der Waals surface area contributed by atoms with Gasteiger partial charge in [0.2, 0.25) is 0 Å². The molecule has 19 heavy (non-hydrogen) atoms. The van der Waals surface area contributed by atoms with Crippen LogP contribution in [0.1, 0.15) is 33.6 Å². The van der Waals surface area contributed by atoms with Crippen LogP contribution in [0.15, 0.2) is 17.1 Å². The minimum atomic E-state index is -0.588. The molecule has 0 aliphatic carbocycles. The van der Waals surface area contributed by atoms with Crippen LogP contribution >= 0.6 is 0 Å². The highest BCUT2D eigenvalue weighted by Gasteiger charge is 2.23. The zero-order valence-corrected chi connectivity index (χ0v) is 12.0. The second kappa shape index (κ2) is 5.33. The van der Waals surface area contributed by atoms with E-state index >= 15 is 0 Å². The van der Waals surface area contributed by atoms with Gasteiger partial charge in [-0.25, -0.2) is 4.68 Å². The van der Waals surface area contributed by atoms with Crippen molar-refractivity contribution in [2.24, 2.45) is 5.41 Å². The fraction of sp³-hybridized carbons (Fsp3) is 0.714. The summed E-state index contributed by atoms with van der Waals surface area (Å²) in [6, 6.07) is 1.62. The molecule has 2 heterocycles. The van der Waals surface area contributed by atoms with Crippen LogP contribution in [0.3, 0.4) is 0 Å². The predicted molar refractivity (Wildman–Crippen MR) is 75.4 cm³/mol. The molecule has 1 aromatic rings. The van der Waals surface area contributed by atoms with Crippen LogP contribution in [-0.4, -0.2) is 34.1 Å². The van der Waals surface area contributed by atoms with Gasteiger partial charge in [-0.15, -0.1) is 0 Å². The van der Waals surface area contributed by atoms with Crippen LogP contribution in [0.4, 0.5) is 5.69 Å². The molecule has 5 nitrogen and oxygen atoms in total. The van der Waals surface area contributed by atoms with E-state index in [2.05, 4.69) is 10.00 Å². The fourth-order valence-corrected chi connectivity index (χ4v) is 2.15. The summed E-state index contributed by atoms with van der Waals surface area (Å²) in [5.74, 6) is 0. The second-order valence-corrected chi connectivity index (χ2v) is 6.31. The van der Waals surface area contributed by atoms with Gasteiger partial charge in [-0.05, 0) is 18.3 Å². The Kier molecular flexibility index (Phi) is 3.94. The summed E-state index contributed by atoms with van der Waals surface area (Å²) in [4.78, 5) is 14.2. The molecule has 0 spiro atoms. The van der Waals surface area contributed by atoms with Gasteiger partial charge in [0.25, 0.3) is 5.56 Å². The molecule has 0 bridgehead atoms. The molecule has 1 atom stereocenters. The van der Waals surface area contributed by atoms with E-state index in [-0.39, 0.29) is 17.5 Å². The van der Waals surface area contributed by atoms with Gasteiger partial charge in [0.05, 0.1) is 24.5 Å². The number of aromatic nitrogens is 2. The summed E-state index contributed by atoms with van der Waals surface area (Å²) < 4.78 is 1.34. The quantitative estimate of drug-likeness (QED) is 0.893. The molecule has 1 unspecified atom stereocenters. The number of hydrogen-bond acceptors (Lipinski definition) is 4. The maximum absolute atomic E-state index is 12.0. The third-order valence-corrected chi connectivity index (χ3v) is 3.67. The molecule has 1 aromatic heterocycles. The summed E-state index contributed by atoms with van der Waals surface area (Å²) in [5, 5.41) is 14.2. The molecule has 1 aliphatic rings. The predicted octanol–water partition coefficient (Wildman–Crippen LogP) is 1.25. The minimum absolute atomic E-state index is 0.146. The summed E-state index contributed by atoms with van der Waals surface area (Å²) in [6.07, 6.45) is 3.48. The Labute approximate surface area is 113 Å². The van der Waals surface area contributed by atoms with Gasteiger partial charge in [-0.1, -0.05) is 20.8 Å². The standard InChI is InChI=1S/C14H23N3O2/c1-14(2,3)12(18)10-17-13(19)8-11(9-15-17)16-6-4-5-7-16/h8-9,12,18H,4-7,10H2,1-3H3. The molecule has 1 fully saturated rings. The normalized spacial score (nSPS) is 17.8. The smallest absolute Gasteiger partial charge is 0.268 e. The zero-order chi connectivity index (χ0) is 14.0. The Bertz CT molecular complexity index is 484. The van der Waals surface area contributed by atoms with Crippen LogP contribution in [0.5, 0.6) is 0 Å². The lowest BCUT2D eigenvalue weighted by atomic mass is 9.89. The summed E-state index contributed by atoms with van der Waals surface area (Å²) in [6.45, 7) is 8.07. The summed E-state index contributed by atoms with van der Waals surface area (Å²) >= 11 is 0. The van der Waals surface area contributed by atoms with Crippen molar-refractivity contribution in [1.82, 2.24) is 9.78 Å². The first kappa shape index (κ1) is 14.1. The SMILES string of the molecule is CC(C)(C)C(O)Cn1ncc(N2CCCC2)cc1=O. The summed E-state index contributed by atoms with van der Waals surface area (Å²) in [7, 11) is 0. The fourth-order valence-electron chi connectivity index (χ4n) is 2.15. The van der Waals surface area contributed by atoms with Crippen molar-refractivity contribution in [3.8, 4) is 0 Å². The van der Waals surface area contributed by atoms with Crippen molar-refractivity contribution in [2.45, 2.75) is 46.3 Å². The van der Waals surface area contributed by atoms with Crippen LogP contribution in [0, 0.1) is 5.41 Å².